The van der Waals surface area contributed by atoms with Crippen molar-refractivity contribution < 1.29 is 4.74 Å². The van der Waals surface area contributed by atoms with E-state index in [0.717, 1.165) is 30.2 Å². The quantitative estimate of drug-likeness (QED) is 0.646. The first-order valence-electron chi connectivity index (χ1n) is 7.76. The van der Waals surface area contributed by atoms with Gasteiger partial charge in [0.05, 0.1) is 0 Å². The molecular weight excluding hydrogens is 264 g/mol. The molecule has 1 aliphatic carbocycles. The summed E-state index contributed by atoms with van der Waals surface area (Å²) in [5, 5.41) is 6.57. The fraction of sp³-hybridized carbons (Fsp3) is 0.625. The highest BCUT2D eigenvalue weighted by Crippen LogP contribution is 2.24. The summed E-state index contributed by atoms with van der Waals surface area (Å²) in [6, 6.07) is 4.34. The summed E-state index contributed by atoms with van der Waals surface area (Å²) in [5.74, 6) is 1.54. The Kier molecular flexibility index (Phi) is 5.84. The molecule has 116 valence electrons. The summed E-state index contributed by atoms with van der Waals surface area (Å²) >= 11 is 0. The Balaban J connectivity index is 1.95. The van der Waals surface area contributed by atoms with Gasteiger partial charge in [0, 0.05) is 31.4 Å². The van der Waals surface area contributed by atoms with Gasteiger partial charge in [-0.25, -0.2) is 4.98 Å². The summed E-state index contributed by atoms with van der Waals surface area (Å²) in [7, 11) is 1.77. The zero-order valence-electron chi connectivity index (χ0n) is 13.2. The molecule has 1 heterocycles. The lowest BCUT2D eigenvalue weighted by molar-refractivity contribution is 0.199. The molecule has 0 saturated heterocycles. The summed E-state index contributed by atoms with van der Waals surface area (Å²) in [5.41, 5.74) is 1.07. The van der Waals surface area contributed by atoms with Crippen molar-refractivity contribution in [2.24, 2.45) is 4.99 Å². The summed E-state index contributed by atoms with van der Waals surface area (Å²) < 4.78 is 6.04. The second-order valence-electron chi connectivity index (χ2n) is 5.72. The van der Waals surface area contributed by atoms with Crippen LogP contribution in [0.3, 0.4) is 0 Å². The van der Waals surface area contributed by atoms with Gasteiger partial charge >= 0.3 is 0 Å². The number of aromatic nitrogens is 1. The number of hydrogen-bond acceptors (Lipinski definition) is 3. The van der Waals surface area contributed by atoms with Gasteiger partial charge < -0.3 is 15.4 Å². The summed E-state index contributed by atoms with van der Waals surface area (Å²) in [6.07, 6.45) is 6.91. The highest BCUT2D eigenvalue weighted by Gasteiger charge is 2.18. The van der Waals surface area contributed by atoms with Gasteiger partial charge in [-0.2, -0.15) is 0 Å². The lowest BCUT2D eigenvalue weighted by atomic mass is 10.2. The molecule has 0 spiro atoms. The molecule has 5 nitrogen and oxygen atoms in total. The molecule has 0 aliphatic heterocycles. The topological polar surface area (TPSA) is 58.5 Å². The van der Waals surface area contributed by atoms with Crippen LogP contribution in [0.25, 0.3) is 0 Å². The molecular formula is C16H26N4O. The molecule has 1 aliphatic rings. The van der Waals surface area contributed by atoms with E-state index in [1.54, 1.807) is 13.2 Å². The van der Waals surface area contributed by atoms with Crippen molar-refractivity contribution in [2.75, 3.05) is 7.05 Å². The average molecular weight is 290 g/mol. The van der Waals surface area contributed by atoms with Crippen LogP contribution in [0.2, 0.25) is 0 Å². The number of nitrogens with one attached hydrogen (secondary N) is 2. The zero-order valence-corrected chi connectivity index (χ0v) is 13.2. The molecule has 21 heavy (non-hydrogen) atoms. The normalized spacial score (nSPS) is 16.3. The standard InChI is InChI=1S/C16H26N4O/c1-12(2)20-16(17-3)19-11-13-7-6-10-18-15(13)21-14-8-4-5-9-14/h6-7,10,12,14H,4-5,8-9,11H2,1-3H3,(H2,17,19,20). The smallest absolute Gasteiger partial charge is 0.218 e. The number of hydrogen-bond donors (Lipinski definition) is 2. The first-order valence-corrected chi connectivity index (χ1v) is 7.76. The van der Waals surface area contributed by atoms with Crippen molar-refractivity contribution in [3.63, 3.8) is 0 Å². The highest BCUT2D eigenvalue weighted by atomic mass is 16.5. The fourth-order valence-corrected chi connectivity index (χ4v) is 2.48. The maximum absolute atomic E-state index is 6.04. The first kappa shape index (κ1) is 15.6. The lowest BCUT2D eigenvalue weighted by Gasteiger charge is -2.17. The minimum atomic E-state index is 0.326. The van der Waals surface area contributed by atoms with Gasteiger partial charge in [0.2, 0.25) is 5.88 Å². The van der Waals surface area contributed by atoms with Gasteiger partial charge in [0.1, 0.15) is 6.10 Å². The van der Waals surface area contributed by atoms with Crippen molar-refractivity contribution in [1.29, 1.82) is 0 Å². The van der Waals surface area contributed by atoms with Gasteiger partial charge in [0.15, 0.2) is 5.96 Å². The third-order valence-corrected chi connectivity index (χ3v) is 3.53. The largest absolute Gasteiger partial charge is 0.474 e. The van der Waals surface area contributed by atoms with E-state index in [1.807, 2.05) is 12.1 Å². The Bertz CT molecular complexity index is 467. The van der Waals surface area contributed by atoms with Crippen LogP contribution in [0.15, 0.2) is 23.3 Å². The predicted octanol–water partition coefficient (Wildman–Crippen LogP) is 2.48. The Morgan fingerprint density at radius 3 is 2.86 bits per heavy atom. The Hall–Kier alpha value is -1.78. The van der Waals surface area contributed by atoms with Crippen LogP contribution < -0.4 is 15.4 Å². The number of guanidine groups is 1. The third kappa shape index (κ3) is 4.92. The molecule has 2 rings (SSSR count). The van der Waals surface area contributed by atoms with Crippen molar-refractivity contribution in [3.8, 4) is 5.88 Å². The van der Waals surface area contributed by atoms with E-state index in [-0.39, 0.29) is 0 Å². The molecule has 5 heteroatoms. The maximum atomic E-state index is 6.04. The Labute approximate surface area is 127 Å². The second kappa shape index (κ2) is 7.86. The molecule has 1 aromatic heterocycles. The lowest BCUT2D eigenvalue weighted by Crippen LogP contribution is -2.40. The zero-order chi connectivity index (χ0) is 15.1. The second-order valence-corrected chi connectivity index (χ2v) is 5.72. The molecule has 0 radical (unpaired) electrons. The maximum Gasteiger partial charge on any atom is 0.218 e. The number of rotatable bonds is 5. The van der Waals surface area contributed by atoms with Crippen LogP contribution in [0, 0.1) is 0 Å². The molecule has 0 bridgehead atoms. The van der Waals surface area contributed by atoms with E-state index in [2.05, 4.69) is 34.5 Å². The van der Waals surface area contributed by atoms with Crippen LogP contribution in [-0.2, 0) is 6.54 Å². The van der Waals surface area contributed by atoms with Crippen LogP contribution in [-0.4, -0.2) is 30.1 Å². The average Bonchev–Trinajstić information content (AvgIpc) is 2.97. The number of nitrogens with zero attached hydrogens (tertiary/aromatic N) is 2. The molecule has 0 atom stereocenters. The van der Waals surface area contributed by atoms with Crippen LogP contribution in [0.1, 0.15) is 45.1 Å². The number of ether oxygens (including phenoxy) is 1. The van der Waals surface area contributed by atoms with E-state index in [9.17, 15) is 0 Å². The Morgan fingerprint density at radius 2 is 2.19 bits per heavy atom. The van der Waals surface area contributed by atoms with Crippen molar-refractivity contribution in [3.05, 3.63) is 23.9 Å². The number of pyridine rings is 1. The van der Waals surface area contributed by atoms with E-state index >= 15 is 0 Å². The van der Waals surface area contributed by atoms with Crippen LogP contribution in [0.4, 0.5) is 0 Å². The predicted molar refractivity (Wildman–Crippen MR) is 85.6 cm³/mol. The fourth-order valence-electron chi connectivity index (χ4n) is 2.48. The summed E-state index contributed by atoms with van der Waals surface area (Å²) in [6.45, 7) is 4.83. The minimum Gasteiger partial charge on any atom is -0.474 e. The van der Waals surface area contributed by atoms with Crippen LogP contribution in [0.5, 0.6) is 5.88 Å². The van der Waals surface area contributed by atoms with Gasteiger partial charge in [-0.1, -0.05) is 6.07 Å². The molecule has 0 aromatic carbocycles. The summed E-state index contributed by atoms with van der Waals surface area (Å²) in [4.78, 5) is 8.59. The van der Waals surface area contributed by atoms with E-state index < -0.39 is 0 Å². The van der Waals surface area contributed by atoms with Crippen LogP contribution >= 0.6 is 0 Å². The SMILES string of the molecule is CN=C(NCc1cccnc1OC1CCCC1)NC(C)C. The van der Waals surface area contributed by atoms with Gasteiger partial charge in [-0.15, -0.1) is 0 Å². The minimum absolute atomic E-state index is 0.326. The monoisotopic (exact) mass is 290 g/mol. The molecule has 1 fully saturated rings. The van der Waals surface area contributed by atoms with Crippen molar-refractivity contribution in [1.82, 2.24) is 15.6 Å². The molecule has 0 amide bonds. The molecule has 1 saturated carbocycles. The Morgan fingerprint density at radius 1 is 1.43 bits per heavy atom. The number of aliphatic imine (C=N–C) groups is 1. The molecule has 2 N–H and O–H groups in total. The highest BCUT2D eigenvalue weighted by molar-refractivity contribution is 5.79. The van der Waals surface area contributed by atoms with Crippen molar-refractivity contribution in [2.45, 2.75) is 58.2 Å². The third-order valence-electron chi connectivity index (χ3n) is 3.53. The van der Waals surface area contributed by atoms with Gasteiger partial charge in [-0.3, -0.25) is 4.99 Å². The first-order chi connectivity index (χ1) is 10.2. The van der Waals surface area contributed by atoms with E-state index in [1.165, 1.54) is 12.8 Å². The van der Waals surface area contributed by atoms with Gasteiger partial charge in [-0.05, 0) is 45.6 Å². The molecule has 0 unspecified atom stereocenters. The van der Waals surface area contributed by atoms with E-state index in [4.69, 9.17) is 4.74 Å². The van der Waals surface area contributed by atoms with Crippen molar-refractivity contribution >= 4 is 5.96 Å². The molecule has 1 aromatic rings. The van der Waals surface area contributed by atoms with E-state index in [0.29, 0.717) is 18.7 Å². The van der Waals surface area contributed by atoms with Gasteiger partial charge in [0.25, 0.3) is 0 Å².